The molecule has 0 saturated carbocycles. The molecule has 0 spiro atoms. The molecule has 0 aliphatic heterocycles. The third-order valence-corrected chi connectivity index (χ3v) is 6.56. The fourth-order valence-corrected chi connectivity index (χ4v) is 4.79. The summed E-state index contributed by atoms with van der Waals surface area (Å²) in [7, 11) is 1.33. The highest BCUT2D eigenvalue weighted by Crippen LogP contribution is 2.40. The van der Waals surface area contributed by atoms with Crippen LogP contribution in [0.2, 0.25) is 0 Å². The number of ether oxygens (including phenoxy) is 2. The van der Waals surface area contributed by atoms with Crippen LogP contribution in [-0.2, 0) is 9.53 Å². The number of thiophene rings is 1. The van der Waals surface area contributed by atoms with Gasteiger partial charge in [-0.05, 0) is 54.7 Å². The van der Waals surface area contributed by atoms with E-state index in [1.807, 2.05) is 56.3 Å². The fraction of sp³-hybridized carbons (Fsp3) is 0.280. The van der Waals surface area contributed by atoms with E-state index in [4.69, 9.17) is 9.47 Å². The topological polar surface area (TPSA) is 64.6 Å². The van der Waals surface area contributed by atoms with Crippen LogP contribution in [-0.4, -0.2) is 25.6 Å². The number of hydrogen-bond acceptors (Lipinski definition) is 5. The number of carbonyl (C=O) groups excluding carboxylic acids is 2. The number of rotatable bonds is 7. The Labute approximate surface area is 200 Å². The quantitative estimate of drug-likeness (QED) is 0.354. The lowest BCUT2D eigenvalue weighted by Crippen LogP contribution is -2.21. The Balaban J connectivity index is 1.85. The molecule has 3 rings (SSSR count). The van der Waals surface area contributed by atoms with E-state index in [9.17, 15) is 9.59 Å². The molecular formula is C25H26BrNO4S. The number of methoxy groups -OCH3 is 1. The van der Waals surface area contributed by atoms with Gasteiger partial charge in [0.15, 0.2) is 6.61 Å². The van der Waals surface area contributed by atoms with E-state index in [1.54, 1.807) is 0 Å². The van der Waals surface area contributed by atoms with Gasteiger partial charge in [-0.1, -0.05) is 54.0 Å². The van der Waals surface area contributed by atoms with E-state index in [2.05, 4.69) is 35.1 Å². The molecule has 0 saturated heterocycles. The monoisotopic (exact) mass is 515 g/mol. The highest BCUT2D eigenvalue weighted by Gasteiger charge is 2.25. The first-order valence-corrected chi connectivity index (χ1v) is 11.8. The molecule has 0 aliphatic carbocycles. The van der Waals surface area contributed by atoms with Crippen molar-refractivity contribution in [2.75, 3.05) is 19.0 Å². The Morgan fingerprint density at radius 1 is 1.09 bits per heavy atom. The second-order valence-electron chi connectivity index (χ2n) is 7.77. The van der Waals surface area contributed by atoms with Crippen LogP contribution in [0.25, 0.3) is 11.1 Å². The van der Waals surface area contributed by atoms with E-state index < -0.39 is 5.97 Å². The fourth-order valence-electron chi connectivity index (χ4n) is 3.44. The molecule has 0 atom stereocenters. The minimum Gasteiger partial charge on any atom is -0.483 e. The molecule has 0 radical (unpaired) electrons. The lowest BCUT2D eigenvalue weighted by Gasteiger charge is -2.15. The maximum absolute atomic E-state index is 12.7. The Morgan fingerprint density at radius 3 is 2.41 bits per heavy atom. The van der Waals surface area contributed by atoms with Gasteiger partial charge < -0.3 is 14.8 Å². The summed E-state index contributed by atoms with van der Waals surface area (Å²) >= 11 is 4.77. The molecule has 0 fully saturated rings. The van der Waals surface area contributed by atoms with Gasteiger partial charge >= 0.3 is 5.97 Å². The Hall–Kier alpha value is -2.64. The van der Waals surface area contributed by atoms with Gasteiger partial charge in [0.25, 0.3) is 5.91 Å². The lowest BCUT2D eigenvalue weighted by molar-refractivity contribution is -0.118. The highest BCUT2D eigenvalue weighted by atomic mass is 79.9. The van der Waals surface area contributed by atoms with Crippen molar-refractivity contribution in [2.24, 2.45) is 0 Å². The predicted octanol–water partition coefficient (Wildman–Crippen LogP) is 6.72. The predicted molar refractivity (Wildman–Crippen MR) is 133 cm³/mol. The largest absolute Gasteiger partial charge is 0.483 e. The van der Waals surface area contributed by atoms with Crippen LogP contribution in [0.4, 0.5) is 5.00 Å². The highest BCUT2D eigenvalue weighted by molar-refractivity contribution is 9.10. The minimum absolute atomic E-state index is 0.158. The molecular weight excluding hydrogens is 490 g/mol. The van der Waals surface area contributed by atoms with Crippen LogP contribution >= 0.6 is 27.3 Å². The Morgan fingerprint density at radius 2 is 1.78 bits per heavy atom. The maximum Gasteiger partial charge on any atom is 0.341 e. The average molecular weight is 516 g/mol. The smallest absolute Gasteiger partial charge is 0.341 e. The van der Waals surface area contributed by atoms with E-state index in [0.717, 1.165) is 31.6 Å². The lowest BCUT2D eigenvalue weighted by atomic mass is 10.0. The molecule has 32 heavy (non-hydrogen) atoms. The van der Waals surface area contributed by atoms with Crippen molar-refractivity contribution in [2.45, 2.75) is 33.6 Å². The summed E-state index contributed by atoms with van der Waals surface area (Å²) in [4.78, 5) is 26.3. The summed E-state index contributed by atoms with van der Waals surface area (Å²) in [6, 6.07) is 13.7. The van der Waals surface area contributed by atoms with Crippen LogP contribution in [0.3, 0.4) is 0 Å². The molecule has 1 N–H and O–H groups in total. The number of esters is 1. The number of benzene rings is 2. The molecule has 7 heteroatoms. The van der Waals surface area contributed by atoms with Crippen LogP contribution in [0.5, 0.6) is 5.75 Å². The zero-order valence-electron chi connectivity index (χ0n) is 18.7. The number of halogens is 1. The molecule has 5 nitrogen and oxygen atoms in total. The van der Waals surface area contributed by atoms with Crippen molar-refractivity contribution in [1.29, 1.82) is 0 Å². The summed E-state index contributed by atoms with van der Waals surface area (Å²) in [6.07, 6.45) is 0. The number of carbonyl (C=O) groups is 2. The van der Waals surface area contributed by atoms with Crippen molar-refractivity contribution in [3.63, 3.8) is 0 Å². The first kappa shape index (κ1) is 24.0. The Bertz CT molecular complexity index is 1140. The van der Waals surface area contributed by atoms with Gasteiger partial charge in [-0.3, -0.25) is 4.79 Å². The number of nitrogens with one attached hydrogen (secondary N) is 1. The zero-order chi connectivity index (χ0) is 23.4. The third kappa shape index (κ3) is 5.40. The molecule has 0 unspecified atom stereocenters. The molecule has 0 bridgehead atoms. The van der Waals surface area contributed by atoms with Gasteiger partial charge in [0.1, 0.15) is 16.3 Å². The minimum atomic E-state index is -0.496. The van der Waals surface area contributed by atoms with Crippen LogP contribution in [0.15, 0.2) is 46.9 Å². The summed E-state index contributed by atoms with van der Waals surface area (Å²) in [5.41, 5.74) is 4.09. The van der Waals surface area contributed by atoms with Crippen molar-refractivity contribution < 1.29 is 19.1 Å². The summed E-state index contributed by atoms with van der Waals surface area (Å²) in [6.45, 7) is 7.91. The van der Waals surface area contributed by atoms with Gasteiger partial charge in [0, 0.05) is 14.9 Å². The first-order valence-electron chi connectivity index (χ1n) is 10.2. The van der Waals surface area contributed by atoms with E-state index in [-0.39, 0.29) is 18.4 Å². The van der Waals surface area contributed by atoms with Gasteiger partial charge in [-0.2, -0.15) is 0 Å². The van der Waals surface area contributed by atoms with Crippen molar-refractivity contribution in [3.8, 4) is 16.9 Å². The van der Waals surface area contributed by atoms with E-state index >= 15 is 0 Å². The number of anilines is 1. The number of aryl methyl sites for hydroxylation is 2. The normalized spacial score (nSPS) is 10.8. The van der Waals surface area contributed by atoms with Gasteiger partial charge in [-0.15, -0.1) is 11.3 Å². The number of amides is 1. The summed E-state index contributed by atoms with van der Waals surface area (Å²) in [5.74, 6) is 0.133. The van der Waals surface area contributed by atoms with Crippen molar-refractivity contribution >= 4 is 44.1 Å². The molecule has 1 aromatic heterocycles. The van der Waals surface area contributed by atoms with Gasteiger partial charge in [-0.25, -0.2) is 4.79 Å². The second kappa shape index (κ2) is 10.3. The van der Waals surface area contributed by atoms with E-state index in [1.165, 1.54) is 18.4 Å². The molecule has 1 heterocycles. The second-order valence-corrected chi connectivity index (χ2v) is 9.91. The van der Waals surface area contributed by atoms with Crippen LogP contribution < -0.4 is 10.1 Å². The van der Waals surface area contributed by atoms with Crippen LogP contribution in [0, 0.1) is 13.8 Å². The molecule has 2 aromatic carbocycles. The zero-order valence-corrected chi connectivity index (χ0v) is 21.1. The number of hydrogen-bond donors (Lipinski definition) is 1. The van der Waals surface area contributed by atoms with Gasteiger partial charge in [0.05, 0.1) is 7.11 Å². The van der Waals surface area contributed by atoms with Crippen molar-refractivity contribution in [3.05, 3.63) is 68.5 Å². The van der Waals surface area contributed by atoms with Crippen LogP contribution in [0.1, 0.15) is 46.1 Å². The summed E-state index contributed by atoms with van der Waals surface area (Å²) < 4.78 is 11.8. The standard InChI is InChI=1S/C25H26BrNO4S/c1-14(2)19-11-6-15(3)12-20(19)31-13-21(28)27-24-23(25(29)30-5)22(16(4)32-24)17-7-9-18(26)10-8-17/h6-12,14H,13H2,1-5H3,(H,27,28). The third-order valence-electron chi connectivity index (χ3n) is 5.01. The molecule has 0 aliphatic rings. The molecule has 3 aromatic rings. The van der Waals surface area contributed by atoms with Crippen molar-refractivity contribution in [1.82, 2.24) is 0 Å². The first-order chi connectivity index (χ1) is 15.2. The summed E-state index contributed by atoms with van der Waals surface area (Å²) in [5, 5.41) is 3.30. The molecule has 168 valence electrons. The van der Waals surface area contributed by atoms with E-state index in [0.29, 0.717) is 16.3 Å². The Kier molecular flexibility index (Phi) is 7.74. The van der Waals surface area contributed by atoms with Gasteiger partial charge in [0.2, 0.25) is 0 Å². The average Bonchev–Trinajstić information content (AvgIpc) is 3.07. The SMILES string of the molecule is COC(=O)c1c(NC(=O)COc2cc(C)ccc2C(C)C)sc(C)c1-c1ccc(Br)cc1. The molecule has 1 amide bonds. The maximum atomic E-state index is 12.7.